The lowest BCUT2D eigenvalue weighted by Gasteiger charge is -2.48. The van der Waals surface area contributed by atoms with Crippen LogP contribution in [-0.2, 0) is 4.79 Å². The second-order valence-corrected chi connectivity index (χ2v) is 9.66. The van der Waals surface area contributed by atoms with Gasteiger partial charge >= 0.3 is 0 Å². The number of anilines is 1. The standard InChI is InChI=1S/C23H32N2O2S/c1-7-9-24-21(26)20(28-22(24)27)13-17-12-18-16(4)14-23(5,6)25(10-8-2)19(18)11-15(17)3/h11-13,16H,7-10,14H2,1-6H3/b20-13+. The van der Waals surface area contributed by atoms with E-state index in [9.17, 15) is 9.59 Å². The summed E-state index contributed by atoms with van der Waals surface area (Å²) >= 11 is 1.06. The van der Waals surface area contributed by atoms with E-state index in [0.717, 1.165) is 48.7 Å². The summed E-state index contributed by atoms with van der Waals surface area (Å²) in [7, 11) is 0. The normalized spacial score (nSPS) is 22.9. The van der Waals surface area contributed by atoms with E-state index in [1.54, 1.807) is 0 Å². The summed E-state index contributed by atoms with van der Waals surface area (Å²) in [5.41, 5.74) is 4.99. The summed E-state index contributed by atoms with van der Waals surface area (Å²) in [4.78, 5) is 29.2. The molecule has 2 aliphatic rings. The van der Waals surface area contributed by atoms with Crippen LogP contribution in [0.5, 0.6) is 0 Å². The minimum atomic E-state index is -0.157. The Morgan fingerprint density at radius 3 is 2.50 bits per heavy atom. The number of benzene rings is 1. The van der Waals surface area contributed by atoms with Gasteiger partial charge in [0, 0.05) is 24.3 Å². The van der Waals surface area contributed by atoms with Gasteiger partial charge in [-0.1, -0.05) is 20.8 Å². The molecule has 1 atom stereocenters. The predicted octanol–water partition coefficient (Wildman–Crippen LogP) is 5.94. The molecule has 2 heterocycles. The summed E-state index contributed by atoms with van der Waals surface area (Å²) in [6, 6.07) is 4.51. The van der Waals surface area contributed by atoms with Gasteiger partial charge < -0.3 is 4.90 Å². The van der Waals surface area contributed by atoms with E-state index in [4.69, 9.17) is 0 Å². The number of fused-ring (bicyclic) bond motifs is 1. The highest BCUT2D eigenvalue weighted by Gasteiger charge is 2.37. The van der Waals surface area contributed by atoms with Crippen molar-refractivity contribution in [2.45, 2.75) is 72.3 Å². The van der Waals surface area contributed by atoms with Gasteiger partial charge in [-0.2, -0.15) is 0 Å². The van der Waals surface area contributed by atoms with Crippen LogP contribution >= 0.6 is 11.8 Å². The highest BCUT2D eigenvalue weighted by Crippen LogP contribution is 2.45. The van der Waals surface area contributed by atoms with Gasteiger partial charge in [0.15, 0.2) is 0 Å². The monoisotopic (exact) mass is 400 g/mol. The second-order valence-electron chi connectivity index (χ2n) is 8.67. The molecule has 0 N–H and O–H groups in total. The Bertz CT molecular complexity index is 828. The number of amides is 2. The molecule has 4 nitrogen and oxygen atoms in total. The molecule has 28 heavy (non-hydrogen) atoms. The molecule has 1 unspecified atom stereocenters. The number of imide groups is 1. The molecule has 0 aromatic heterocycles. The van der Waals surface area contributed by atoms with E-state index in [-0.39, 0.29) is 16.7 Å². The first kappa shape index (κ1) is 21.0. The van der Waals surface area contributed by atoms with Crippen molar-refractivity contribution in [3.63, 3.8) is 0 Å². The Labute approximate surface area is 173 Å². The Kier molecular flexibility index (Phi) is 5.95. The number of rotatable bonds is 5. The van der Waals surface area contributed by atoms with Crippen LogP contribution in [0.25, 0.3) is 6.08 Å². The third kappa shape index (κ3) is 3.73. The fourth-order valence-electron chi connectivity index (χ4n) is 4.51. The first-order valence-electron chi connectivity index (χ1n) is 10.4. The van der Waals surface area contributed by atoms with Gasteiger partial charge in [0.05, 0.1) is 4.91 Å². The van der Waals surface area contributed by atoms with Gasteiger partial charge in [-0.3, -0.25) is 14.5 Å². The number of nitrogens with zero attached hydrogens (tertiary/aromatic N) is 2. The van der Waals surface area contributed by atoms with E-state index < -0.39 is 0 Å². The van der Waals surface area contributed by atoms with Gasteiger partial charge in [0.1, 0.15) is 0 Å². The summed E-state index contributed by atoms with van der Waals surface area (Å²) in [5, 5.41) is -0.155. The van der Waals surface area contributed by atoms with E-state index >= 15 is 0 Å². The fraction of sp³-hybridized carbons (Fsp3) is 0.565. The number of hydrogen-bond donors (Lipinski definition) is 0. The van der Waals surface area contributed by atoms with Gasteiger partial charge in [-0.15, -0.1) is 0 Å². The molecule has 3 rings (SSSR count). The van der Waals surface area contributed by atoms with Crippen molar-refractivity contribution < 1.29 is 9.59 Å². The van der Waals surface area contributed by atoms with E-state index in [1.807, 2.05) is 13.0 Å². The van der Waals surface area contributed by atoms with Crippen LogP contribution < -0.4 is 4.90 Å². The zero-order valence-corrected chi connectivity index (χ0v) is 18.8. The van der Waals surface area contributed by atoms with Crippen LogP contribution in [0, 0.1) is 6.92 Å². The molecule has 0 bridgehead atoms. The molecular formula is C23H32N2O2S. The molecule has 0 spiro atoms. The largest absolute Gasteiger partial charge is 0.366 e. The summed E-state index contributed by atoms with van der Waals surface area (Å²) in [6.07, 6.45) is 4.91. The SMILES string of the molecule is CCCN1C(=O)S/C(=C/c2cc3c(cc2C)N(CCC)C(C)(C)CC3C)C1=O. The van der Waals surface area contributed by atoms with E-state index in [1.165, 1.54) is 16.2 Å². The van der Waals surface area contributed by atoms with Gasteiger partial charge in [-0.25, -0.2) is 0 Å². The molecule has 1 fully saturated rings. The van der Waals surface area contributed by atoms with Crippen LogP contribution in [0.2, 0.25) is 0 Å². The van der Waals surface area contributed by atoms with E-state index in [2.05, 4.69) is 51.7 Å². The number of hydrogen-bond acceptors (Lipinski definition) is 4. The lowest BCUT2D eigenvalue weighted by atomic mass is 9.79. The third-order valence-electron chi connectivity index (χ3n) is 5.83. The number of carbonyl (C=O) groups is 2. The quantitative estimate of drug-likeness (QED) is 0.573. The van der Waals surface area contributed by atoms with Gasteiger partial charge in [0.25, 0.3) is 11.1 Å². The van der Waals surface area contributed by atoms with Crippen molar-refractivity contribution in [1.29, 1.82) is 0 Å². The zero-order valence-electron chi connectivity index (χ0n) is 18.0. The Hall–Kier alpha value is -1.75. The minimum absolute atomic E-state index is 0.138. The highest BCUT2D eigenvalue weighted by molar-refractivity contribution is 8.18. The highest BCUT2D eigenvalue weighted by atomic mass is 32.2. The van der Waals surface area contributed by atoms with Crippen molar-refractivity contribution in [2.75, 3.05) is 18.0 Å². The first-order chi connectivity index (χ1) is 13.2. The zero-order chi connectivity index (χ0) is 20.6. The van der Waals surface area contributed by atoms with Crippen molar-refractivity contribution in [3.05, 3.63) is 33.7 Å². The number of carbonyl (C=O) groups excluding carboxylic acids is 2. The Morgan fingerprint density at radius 1 is 1.18 bits per heavy atom. The fourth-order valence-corrected chi connectivity index (χ4v) is 5.37. The van der Waals surface area contributed by atoms with Gasteiger partial charge in [-0.05, 0) is 92.6 Å². The predicted molar refractivity (Wildman–Crippen MR) is 119 cm³/mol. The lowest BCUT2D eigenvalue weighted by molar-refractivity contribution is -0.122. The maximum absolute atomic E-state index is 12.6. The molecule has 1 aromatic rings. The maximum Gasteiger partial charge on any atom is 0.293 e. The average Bonchev–Trinajstić information content (AvgIpc) is 2.87. The molecule has 1 aromatic carbocycles. The van der Waals surface area contributed by atoms with Crippen LogP contribution in [-0.4, -0.2) is 34.7 Å². The Balaban J connectivity index is 2.01. The summed E-state index contributed by atoms with van der Waals surface area (Å²) < 4.78 is 0. The minimum Gasteiger partial charge on any atom is -0.366 e. The lowest BCUT2D eigenvalue weighted by Crippen LogP contribution is -2.48. The average molecular weight is 401 g/mol. The second kappa shape index (κ2) is 7.94. The van der Waals surface area contributed by atoms with Crippen LogP contribution in [0.4, 0.5) is 10.5 Å². The van der Waals surface area contributed by atoms with E-state index in [0.29, 0.717) is 17.4 Å². The van der Waals surface area contributed by atoms with Crippen LogP contribution in [0.3, 0.4) is 0 Å². The van der Waals surface area contributed by atoms with Crippen molar-refractivity contribution >= 4 is 34.7 Å². The summed E-state index contributed by atoms with van der Waals surface area (Å²) in [6.45, 7) is 14.8. The topological polar surface area (TPSA) is 40.6 Å². The maximum atomic E-state index is 12.6. The molecule has 0 saturated carbocycles. The summed E-state index contributed by atoms with van der Waals surface area (Å²) in [5.74, 6) is 0.303. The van der Waals surface area contributed by atoms with Crippen molar-refractivity contribution in [3.8, 4) is 0 Å². The van der Waals surface area contributed by atoms with Crippen LogP contribution in [0.15, 0.2) is 17.0 Å². The number of aryl methyl sites for hydroxylation is 1. The molecule has 0 aliphatic carbocycles. The molecular weight excluding hydrogens is 368 g/mol. The molecule has 152 valence electrons. The third-order valence-corrected chi connectivity index (χ3v) is 6.74. The molecule has 0 radical (unpaired) electrons. The molecule has 2 amide bonds. The molecule has 5 heteroatoms. The van der Waals surface area contributed by atoms with Crippen molar-refractivity contribution in [1.82, 2.24) is 4.90 Å². The smallest absolute Gasteiger partial charge is 0.293 e. The first-order valence-corrected chi connectivity index (χ1v) is 11.2. The Morgan fingerprint density at radius 2 is 1.86 bits per heavy atom. The van der Waals surface area contributed by atoms with Gasteiger partial charge in [0.2, 0.25) is 0 Å². The van der Waals surface area contributed by atoms with Crippen LogP contribution in [0.1, 0.15) is 76.5 Å². The molecule has 1 saturated heterocycles. The molecule has 2 aliphatic heterocycles. The van der Waals surface area contributed by atoms with Crippen molar-refractivity contribution in [2.24, 2.45) is 0 Å². The number of thioether (sulfide) groups is 1.